The molecule has 1 unspecified atom stereocenters. The molecule has 0 spiro atoms. The van der Waals surface area contributed by atoms with E-state index >= 15 is 0 Å². The minimum atomic E-state index is -1.02. The Morgan fingerprint density at radius 2 is 1.78 bits per heavy atom. The zero-order chi connectivity index (χ0) is 13.1. The van der Waals surface area contributed by atoms with Crippen LogP contribution in [0.3, 0.4) is 0 Å². The predicted molar refractivity (Wildman–Crippen MR) is 67.9 cm³/mol. The lowest BCUT2D eigenvalue weighted by atomic mass is 9.99. The molecule has 0 saturated heterocycles. The predicted octanol–water partition coefficient (Wildman–Crippen LogP) is 2.50. The summed E-state index contributed by atoms with van der Waals surface area (Å²) in [7, 11) is 1.51. The molecule has 0 aliphatic heterocycles. The van der Waals surface area contributed by atoms with Gasteiger partial charge >= 0.3 is 0 Å². The highest BCUT2D eigenvalue weighted by Gasteiger charge is 2.18. The number of hydrogen-bond acceptors (Lipinski definition) is 3. The summed E-state index contributed by atoms with van der Waals surface area (Å²) in [6, 6.07) is 11.4. The lowest BCUT2D eigenvalue weighted by Crippen LogP contribution is -2.06. The first-order valence-corrected chi connectivity index (χ1v) is 5.50. The Bertz CT molecular complexity index is 557. The van der Waals surface area contributed by atoms with Crippen molar-refractivity contribution in [2.45, 2.75) is 6.10 Å². The van der Waals surface area contributed by atoms with E-state index in [0.29, 0.717) is 16.9 Å². The van der Waals surface area contributed by atoms with E-state index in [1.807, 2.05) is 0 Å². The first kappa shape index (κ1) is 12.4. The SMILES string of the molecule is COc1ccccc1C(O)c1cccc(F)c1N. The number of halogens is 1. The molecule has 0 bridgehead atoms. The number of ether oxygens (including phenoxy) is 1. The highest BCUT2D eigenvalue weighted by Crippen LogP contribution is 2.33. The molecule has 0 aromatic heterocycles. The van der Waals surface area contributed by atoms with Crippen LogP contribution in [0.1, 0.15) is 17.2 Å². The van der Waals surface area contributed by atoms with Gasteiger partial charge in [0.25, 0.3) is 0 Å². The number of aliphatic hydroxyl groups excluding tert-OH is 1. The van der Waals surface area contributed by atoms with Crippen molar-refractivity contribution >= 4 is 5.69 Å². The van der Waals surface area contributed by atoms with E-state index in [0.717, 1.165) is 0 Å². The molecule has 0 aliphatic rings. The molecule has 2 aromatic carbocycles. The van der Waals surface area contributed by atoms with Crippen molar-refractivity contribution in [1.29, 1.82) is 0 Å². The number of aliphatic hydroxyl groups is 1. The average Bonchev–Trinajstić information content (AvgIpc) is 2.41. The van der Waals surface area contributed by atoms with Crippen molar-refractivity contribution < 1.29 is 14.2 Å². The molecular formula is C14H14FNO2. The highest BCUT2D eigenvalue weighted by molar-refractivity contribution is 5.53. The molecule has 2 rings (SSSR count). The van der Waals surface area contributed by atoms with Gasteiger partial charge in [0.1, 0.15) is 17.7 Å². The third-order valence-corrected chi connectivity index (χ3v) is 2.81. The van der Waals surface area contributed by atoms with Crippen molar-refractivity contribution in [1.82, 2.24) is 0 Å². The average molecular weight is 247 g/mol. The van der Waals surface area contributed by atoms with Crippen LogP contribution < -0.4 is 10.5 Å². The fraction of sp³-hybridized carbons (Fsp3) is 0.143. The number of benzene rings is 2. The van der Waals surface area contributed by atoms with Crippen molar-refractivity contribution in [3.63, 3.8) is 0 Å². The van der Waals surface area contributed by atoms with Gasteiger partial charge in [-0.2, -0.15) is 0 Å². The Morgan fingerprint density at radius 1 is 1.11 bits per heavy atom. The fourth-order valence-corrected chi connectivity index (χ4v) is 1.85. The van der Waals surface area contributed by atoms with Gasteiger partial charge in [-0.25, -0.2) is 4.39 Å². The summed E-state index contributed by atoms with van der Waals surface area (Å²) in [4.78, 5) is 0. The number of hydrogen-bond donors (Lipinski definition) is 2. The van der Waals surface area contributed by atoms with Gasteiger partial charge in [0.2, 0.25) is 0 Å². The van der Waals surface area contributed by atoms with Crippen LogP contribution in [-0.2, 0) is 0 Å². The summed E-state index contributed by atoms with van der Waals surface area (Å²) in [6.45, 7) is 0. The minimum absolute atomic E-state index is 0.0455. The third-order valence-electron chi connectivity index (χ3n) is 2.81. The van der Waals surface area contributed by atoms with E-state index < -0.39 is 11.9 Å². The molecule has 3 nitrogen and oxygen atoms in total. The maximum absolute atomic E-state index is 13.4. The quantitative estimate of drug-likeness (QED) is 0.819. The molecule has 0 radical (unpaired) electrons. The second kappa shape index (κ2) is 5.06. The maximum atomic E-state index is 13.4. The lowest BCUT2D eigenvalue weighted by Gasteiger charge is -2.16. The van der Waals surface area contributed by atoms with Gasteiger partial charge in [0, 0.05) is 11.1 Å². The Kier molecular flexibility index (Phi) is 3.48. The molecule has 0 saturated carbocycles. The van der Waals surface area contributed by atoms with Gasteiger partial charge in [0.05, 0.1) is 12.8 Å². The Balaban J connectivity index is 2.48. The van der Waals surface area contributed by atoms with E-state index in [-0.39, 0.29) is 5.69 Å². The summed E-state index contributed by atoms with van der Waals surface area (Å²) in [6.07, 6.45) is -1.02. The van der Waals surface area contributed by atoms with Crippen LogP contribution in [0.4, 0.5) is 10.1 Å². The molecule has 0 fully saturated rings. The molecule has 0 amide bonds. The van der Waals surface area contributed by atoms with E-state index in [9.17, 15) is 9.50 Å². The molecule has 94 valence electrons. The molecule has 18 heavy (non-hydrogen) atoms. The van der Waals surface area contributed by atoms with Crippen molar-refractivity contribution in [2.24, 2.45) is 0 Å². The molecule has 2 aromatic rings. The zero-order valence-electron chi connectivity index (χ0n) is 9.93. The van der Waals surface area contributed by atoms with Gasteiger partial charge in [-0.05, 0) is 12.1 Å². The van der Waals surface area contributed by atoms with Crippen molar-refractivity contribution in [3.05, 3.63) is 59.4 Å². The summed E-state index contributed by atoms with van der Waals surface area (Å²) in [5.41, 5.74) is 6.48. The molecule has 1 atom stereocenters. The van der Waals surface area contributed by atoms with Crippen molar-refractivity contribution in [2.75, 3.05) is 12.8 Å². The van der Waals surface area contributed by atoms with E-state index in [1.165, 1.54) is 19.2 Å². The van der Waals surface area contributed by atoms with E-state index in [2.05, 4.69) is 0 Å². The number of anilines is 1. The van der Waals surface area contributed by atoms with Gasteiger partial charge in [-0.15, -0.1) is 0 Å². The molecule has 4 heteroatoms. The molecular weight excluding hydrogens is 233 g/mol. The van der Waals surface area contributed by atoms with Crippen molar-refractivity contribution in [3.8, 4) is 5.75 Å². The number of methoxy groups -OCH3 is 1. The Hall–Kier alpha value is -2.07. The summed E-state index contributed by atoms with van der Waals surface area (Å²) in [5.74, 6) is -0.00453. The van der Waals surface area contributed by atoms with Gasteiger partial charge in [-0.3, -0.25) is 0 Å². The smallest absolute Gasteiger partial charge is 0.146 e. The number of para-hydroxylation sites is 2. The highest BCUT2D eigenvalue weighted by atomic mass is 19.1. The van der Waals surface area contributed by atoms with Crippen LogP contribution in [0.2, 0.25) is 0 Å². The first-order valence-electron chi connectivity index (χ1n) is 5.50. The van der Waals surface area contributed by atoms with Gasteiger partial charge < -0.3 is 15.6 Å². The summed E-state index contributed by atoms with van der Waals surface area (Å²) >= 11 is 0. The van der Waals surface area contributed by atoms with E-state index in [4.69, 9.17) is 10.5 Å². The summed E-state index contributed by atoms with van der Waals surface area (Å²) < 4.78 is 18.5. The third kappa shape index (κ3) is 2.15. The van der Waals surface area contributed by atoms with E-state index in [1.54, 1.807) is 30.3 Å². The number of rotatable bonds is 3. The van der Waals surface area contributed by atoms with Crippen LogP contribution in [0.25, 0.3) is 0 Å². The lowest BCUT2D eigenvalue weighted by molar-refractivity contribution is 0.215. The monoisotopic (exact) mass is 247 g/mol. The second-order valence-electron chi connectivity index (χ2n) is 3.89. The van der Waals surface area contributed by atoms with Crippen LogP contribution >= 0.6 is 0 Å². The fourth-order valence-electron chi connectivity index (χ4n) is 1.85. The normalized spacial score (nSPS) is 12.2. The molecule has 0 aliphatic carbocycles. The largest absolute Gasteiger partial charge is 0.496 e. The topological polar surface area (TPSA) is 55.5 Å². The molecule has 0 heterocycles. The standard InChI is InChI=1S/C14H14FNO2/c1-18-12-8-3-2-5-9(12)14(17)10-6-4-7-11(15)13(10)16/h2-8,14,17H,16H2,1H3. The maximum Gasteiger partial charge on any atom is 0.146 e. The zero-order valence-corrected chi connectivity index (χ0v) is 9.93. The Morgan fingerprint density at radius 3 is 2.50 bits per heavy atom. The summed E-state index contributed by atoms with van der Waals surface area (Å²) in [5, 5.41) is 10.3. The van der Waals surface area contributed by atoms with Crippen LogP contribution in [0, 0.1) is 5.82 Å². The second-order valence-corrected chi connectivity index (χ2v) is 3.89. The van der Waals surface area contributed by atoms with Gasteiger partial charge in [0.15, 0.2) is 0 Å². The Labute approximate surface area is 105 Å². The van der Waals surface area contributed by atoms with Crippen LogP contribution in [0.15, 0.2) is 42.5 Å². The van der Waals surface area contributed by atoms with Crippen LogP contribution in [0.5, 0.6) is 5.75 Å². The number of nitrogens with two attached hydrogens (primary N) is 1. The van der Waals surface area contributed by atoms with Gasteiger partial charge in [-0.1, -0.05) is 30.3 Å². The van der Waals surface area contributed by atoms with Crippen LogP contribution in [-0.4, -0.2) is 12.2 Å². The minimum Gasteiger partial charge on any atom is -0.496 e. The first-order chi connectivity index (χ1) is 8.65. The molecule has 3 N–H and O–H groups in total. The number of nitrogen functional groups attached to an aromatic ring is 1.